The fraction of sp³-hybridized carbons (Fsp3) is 0.600. The summed E-state index contributed by atoms with van der Waals surface area (Å²) in [5.41, 5.74) is 7.20. The monoisotopic (exact) mass is 285 g/mol. The highest BCUT2D eigenvalue weighted by Crippen LogP contribution is 2.30. The molecule has 1 nitrogen and oxygen atoms in total. The third kappa shape index (κ3) is 3.88. The van der Waals surface area contributed by atoms with Gasteiger partial charge in [-0.05, 0) is 42.9 Å². The average Bonchev–Trinajstić information content (AvgIpc) is 2.84. The van der Waals surface area contributed by atoms with E-state index in [0.29, 0.717) is 0 Å². The molecule has 1 atom stereocenters. The maximum absolute atomic E-state index is 6.20. The van der Waals surface area contributed by atoms with Gasteiger partial charge in [0.15, 0.2) is 0 Å². The summed E-state index contributed by atoms with van der Waals surface area (Å²) >= 11 is 12.3. The molecule has 0 aromatic heterocycles. The van der Waals surface area contributed by atoms with Crippen molar-refractivity contribution >= 4 is 23.2 Å². The largest absolute Gasteiger partial charge is 0.327 e. The second kappa shape index (κ2) is 6.79. The molecule has 0 heterocycles. The summed E-state index contributed by atoms with van der Waals surface area (Å²) in [6, 6.07) is 5.81. The van der Waals surface area contributed by atoms with E-state index in [0.717, 1.165) is 34.4 Å². The molecule has 0 amide bonds. The molecule has 0 bridgehead atoms. The first kappa shape index (κ1) is 14.2. The number of nitrogens with two attached hydrogens (primary N) is 1. The Morgan fingerprint density at radius 1 is 1.17 bits per heavy atom. The molecule has 18 heavy (non-hydrogen) atoms. The van der Waals surface area contributed by atoms with Gasteiger partial charge in [0.1, 0.15) is 0 Å². The topological polar surface area (TPSA) is 26.0 Å². The normalized spacial score (nSPS) is 18.2. The second-order valence-corrected chi connectivity index (χ2v) is 6.21. The zero-order valence-electron chi connectivity index (χ0n) is 10.7. The number of rotatable bonds is 5. The maximum Gasteiger partial charge on any atom is 0.0453 e. The van der Waals surface area contributed by atoms with Crippen LogP contribution in [0, 0.1) is 5.92 Å². The van der Waals surface area contributed by atoms with Crippen LogP contribution in [0.1, 0.15) is 44.1 Å². The molecule has 3 heteroatoms. The molecule has 1 saturated carbocycles. The Hall–Kier alpha value is -0.240. The summed E-state index contributed by atoms with van der Waals surface area (Å²) in [6.07, 6.45) is 8.69. The Labute approximate surface area is 120 Å². The molecule has 0 aliphatic heterocycles. The third-order valence-corrected chi connectivity index (χ3v) is 4.66. The zero-order chi connectivity index (χ0) is 13.0. The van der Waals surface area contributed by atoms with Crippen LogP contribution in [-0.4, -0.2) is 6.04 Å². The van der Waals surface area contributed by atoms with E-state index in [9.17, 15) is 0 Å². The number of hydrogen-bond donors (Lipinski definition) is 1. The molecule has 0 radical (unpaired) electrons. The van der Waals surface area contributed by atoms with Crippen molar-refractivity contribution < 1.29 is 0 Å². The van der Waals surface area contributed by atoms with Crippen LogP contribution >= 0.6 is 23.2 Å². The fourth-order valence-corrected chi connectivity index (χ4v) is 3.39. The molecule has 100 valence electrons. The van der Waals surface area contributed by atoms with Gasteiger partial charge in [0, 0.05) is 16.1 Å². The lowest BCUT2D eigenvalue weighted by molar-refractivity contribution is 0.447. The Morgan fingerprint density at radius 2 is 1.78 bits per heavy atom. The van der Waals surface area contributed by atoms with E-state index in [1.54, 1.807) is 0 Å². The molecule has 1 aromatic rings. The molecule has 2 N–H and O–H groups in total. The standard InChI is InChI=1S/C15H21Cl2N/c16-14-6-3-7-15(17)13(14)10-12(18)9-8-11-4-1-2-5-11/h3,6-7,11-12H,1-2,4-5,8-10,18H2. The van der Waals surface area contributed by atoms with Gasteiger partial charge in [0.25, 0.3) is 0 Å². The first-order chi connectivity index (χ1) is 8.66. The highest BCUT2D eigenvalue weighted by atomic mass is 35.5. The summed E-state index contributed by atoms with van der Waals surface area (Å²) in [6.45, 7) is 0. The lowest BCUT2D eigenvalue weighted by Crippen LogP contribution is -2.23. The van der Waals surface area contributed by atoms with Crippen LogP contribution < -0.4 is 5.73 Å². The van der Waals surface area contributed by atoms with Crippen LogP contribution in [0.5, 0.6) is 0 Å². The summed E-state index contributed by atoms with van der Waals surface area (Å²) in [5.74, 6) is 0.901. The molecule has 2 rings (SSSR count). The molecule has 1 unspecified atom stereocenters. The van der Waals surface area contributed by atoms with Gasteiger partial charge < -0.3 is 5.73 Å². The third-order valence-electron chi connectivity index (χ3n) is 3.95. The molecular weight excluding hydrogens is 265 g/mol. The van der Waals surface area contributed by atoms with Gasteiger partial charge in [-0.2, -0.15) is 0 Å². The van der Waals surface area contributed by atoms with Crippen LogP contribution in [-0.2, 0) is 6.42 Å². The lowest BCUT2D eigenvalue weighted by Gasteiger charge is -2.16. The average molecular weight is 286 g/mol. The first-order valence-electron chi connectivity index (χ1n) is 6.85. The summed E-state index contributed by atoms with van der Waals surface area (Å²) in [5, 5.41) is 1.47. The summed E-state index contributed by atoms with van der Waals surface area (Å²) in [4.78, 5) is 0. The molecule has 0 spiro atoms. The van der Waals surface area contributed by atoms with E-state index in [1.165, 1.54) is 32.1 Å². The van der Waals surface area contributed by atoms with Crippen molar-refractivity contribution in [2.75, 3.05) is 0 Å². The highest BCUT2D eigenvalue weighted by molar-refractivity contribution is 6.35. The van der Waals surface area contributed by atoms with Crippen molar-refractivity contribution in [3.05, 3.63) is 33.8 Å². The van der Waals surface area contributed by atoms with Gasteiger partial charge >= 0.3 is 0 Å². The predicted molar refractivity (Wildman–Crippen MR) is 79.3 cm³/mol. The molecular formula is C15H21Cl2N. The minimum Gasteiger partial charge on any atom is -0.327 e. The van der Waals surface area contributed by atoms with Gasteiger partial charge in [-0.1, -0.05) is 55.0 Å². The smallest absolute Gasteiger partial charge is 0.0453 e. The highest BCUT2D eigenvalue weighted by Gasteiger charge is 2.17. The van der Waals surface area contributed by atoms with Gasteiger partial charge in [-0.3, -0.25) is 0 Å². The Balaban J connectivity index is 1.84. The van der Waals surface area contributed by atoms with Crippen molar-refractivity contribution in [1.29, 1.82) is 0 Å². The summed E-state index contributed by atoms with van der Waals surface area (Å²) in [7, 11) is 0. The Bertz CT molecular complexity index is 366. The predicted octanol–water partition coefficient (Wildman–Crippen LogP) is 4.83. The number of hydrogen-bond acceptors (Lipinski definition) is 1. The molecule has 1 aliphatic carbocycles. The quantitative estimate of drug-likeness (QED) is 0.824. The van der Waals surface area contributed by atoms with Crippen molar-refractivity contribution in [2.24, 2.45) is 11.7 Å². The van der Waals surface area contributed by atoms with Crippen molar-refractivity contribution in [3.8, 4) is 0 Å². The zero-order valence-corrected chi connectivity index (χ0v) is 12.2. The summed E-state index contributed by atoms with van der Waals surface area (Å²) < 4.78 is 0. The van der Waals surface area contributed by atoms with E-state index in [-0.39, 0.29) is 6.04 Å². The number of halogens is 2. The fourth-order valence-electron chi connectivity index (χ4n) is 2.84. The number of benzene rings is 1. The van der Waals surface area contributed by atoms with Gasteiger partial charge in [0.05, 0.1) is 0 Å². The Kier molecular flexibility index (Phi) is 5.35. The van der Waals surface area contributed by atoms with E-state index in [4.69, 9.17) is 28.9 Å². The second-order valence-electron chi connectivity index (χ2n) is 5.39. The van der Waals surface area contributed by atoms with Gasteiger partial charge in [-0.15, -0.1) is 0 Å². The SMILES string of the molecule is NC(CCC1CCCC1)Cc1c(Cl)cccc1Cl. The van der Waals surface area contributed by atoms with Crippen LogP contribution in [0.25, 0.3) is 0 Å². The van der Waals surface area contributed by atoms with Gasteiger partial charge in [-0.25, -0.2) is 0 Å². The maximum atomic E-state index is 6.20. The van der Waals surface area contributed by atoms with E-state index < -0.39 is 0 Å². The van der Waals surface area contributed by atoms with Crippen molar-refractivity contribution in [3.63, 3.8) is 0 Å². The lowest BCUT2D eigenvalue weighted by atomic mass is 9.95. The molecule has 0 saturated heterocycles. The first-order valence-corrected chi connectivity index (χ1v) is 7.61. The van der Waals surface area contributed by atoms with Crippen LogP contribution in [0.4, 0.5) is 0 Å². The minimum absolute atomic E-state index is 0.169. The molecule has 1 aliphatic rings. The van der Waals surface area contributed by atoms with Crippen molar-refractivity contribution in [1.82, 2.24) is 0 Å². The van der Waals surface area contributed by atoms with Crippen LogP contribution in [0.2, 0.25) is 10.0 Å². The molecule has 1 aromatic carbocycles. The van der Waals surface area contributed by atoms with E-state index >= 15 is 0 Å². The minimum atomic E-state index is 0.169. The molecule has 1 fully saturated rings. The van der Waals surface area contributed by atoms with E-state index in [2.05, 4.69) is 0 Å². The Morgan fingerprint density at radius 3 is 2.39 bits per heavy atom. The van der Waals surface area contributed by atoms with Crippen LogP contribution in [0.15, 0.2) is 18.2 Å². The van der Waals surface area contributed by atoms with E-state index in [1.807, 2.05) is 18.2 Å². The van der Waals surface area contributed by atoms with Crippen LogP contribution in [0.3, 0.4) is 0 Å². The van der Waals surface area contributed by atoms with Gasteiger partial charge in [0.2, 0.25) is 0 Å². The van der Waals surface area contributed by atoms with Crippen molar-refractivity contribution in [2.45, 2.75) is 51.0 Å².